The molecule has 3 aromatic rings. The lowest BCUT2D eigenvalue weighted by Gasteiger charge is -2.13. The number of rotatable bonds is 9. The fourth-order valence-electron chi connectivity index (χ4n) is 2.98. The standard InChI is InChI=1S/C24H27NO3.ClH/c1-18-8-10-19(11-9-18)17-28-23-13-12-20(14-24(23)27-3)15-25-16-21-6-4-5-7-22(21)26-2;/h4-14,25H,15-17H2,1-3H3;1H. The van der Waals surface area contributed by atoms with Gasteiger partial charge in [0, 0.05) is 18.7 Å². The summed E-state index contributed by atoms with van der Waals surface area (Å²) in [4.78, 5) is 0. The lowest BCUT2D eigenvalue weighted by atomic mass is 10.1. The Morgan fingerprint density at radius 3 is 2.14 bits per heavy atom. The van der Waals surface area contributed by atoms with Gasteiger partial charge in [0.05, 0.1) is 14.2 Å². The summed E-state index contributed by atoms with van der Waals surface area (Å²) in [7, 11) is 3.36. The first-order chi connectivity index (χ1) is 13.7. The van der Waals surface area contributed by atoms with Gasteiger partial charge in [0.15, 0.2) is 11.5 Å². The second-order valence-corrected chi connectivity index (χ2v) is 6.67. The normalized spacial score (nSPS) is 10.2. The van der Waals surface area contributed by atoms with Gasteiger partial charge in [-0.15, -0.1) is 12.4 Å². The van der Waals surface area contributed by atoms with Crippen LogP contribution in [0.4, 0.5) is 0 Å². The smallest absolute Gasteiger partial charge is 0.161 e. The largest absolute Gasteiger partial charge is 0.496 e. The lowest BCUT2D eigenvalue weighted by Crippen LogP contribution is -2.13. The van der Waals surface area contributed by atoms with Crippen LogP contribution in [-0.2, 0) is 19.7 Å². The van der Waals surface area contributed by atoms with Gasteiger partial charge in [-0.3, -0.25) is 0 Å². The topological polar surface area (TPSA) is 39.7 Å². The van der Waals surface area contributed by atoms with Crippen molar-refractivity contribution in [3.05, 3.63) is 89.0 Å². The van der Waals surface area contributed by atoms with Crippen LogP contribution in [0.2, 0.25) is 0 Å². The molecule has 0 atom stereocenters. The van der Waals surface area contributed by atoms with Gasteiger partial charge in [-0.25, -0.2) is 0 Å². The summed E-state index contributed by atoms with van der Waals surface area (Å²) in [5, 5.41) is 3.45. The molecular weight excluding hydrogens is 386 g/mol. The molecule has 1 N–H and O–H groups in total. The molecule has 0 radical (unpaired) electrons. The van der Waals surface area contributed by atoms with Crippen LogP contribution in [0, 0.1) is 6.92 Å². The number of nitrogens with one attached hydrogen (secondary N) is 1. The second kappa shape index (κ2) is 11.3. The Morgan fingerprint density at radius 2 is 1.41 bits per heavy atom. The Bertz CT molecular complexity index is 897. The molecule has 0 aliphatic carbocycles. The van der Waals surface area contributed by atoms with Gasteiger partial charge in [0.2, 0.25) is 0 Å². The van der Waals surface area contributed by atoms with Crippen LogP contribution < -0.4 is 19.5 Å². The number of benzene rings is 3. The van der Waals surface area contributed by atoms with E-state index in [4.69, 9.17) is 14.2 Å². The fraction of sp³-hybridized carbons (Fsp3) is 0.250. The summed E-state index contributed by atoms with van der Waals surface area (Å²) >= 11 is 0. The maximum Gasteiger partial charge on any atom is 0.161 e. The molecule has 4 nitrogen and oxygen atoms in total. The summed E-state index contributed by atoms with van der Waals surface area (Å²) in [6, 6.07) is 22.4. The molecule has 0 heterocycles. The third-order valence-corrected chi connectivity index (χ3v) is 4.58. The lowest BCUT2D eigenvalue weighted by molar-refractivity contribution is 0.284. The molecule has 0 aliphatic heterocycles. The molecule has 0 spiro atoms. The fourth-order valence-corrected chi connectivity index (χ4v) is 2.98. The van der Waals surface area contributed by atoms with E-state index in [0.717, 1.165) is 47.0 Å². The van der Waals surface area contributed by atoms with Crippen molar-refractivity contribution in [1.29, 1.82) is 0 Å². The van der Waals surface area contributed by atoms with Crippen LogP contribution in [0.25, 0.3) is 0 Å². The van der Waals surface area contributed by atoms with Crippen molar-refractivity contribution in [2.75, 3.05) is 14.2 Å². The number of methoxy groups -OCH3 is 2. The van der Waals surface area contributed by atoms with Crippen LogP contribution in [0.15, 0.2) is 66.7 Å². The minimum absolute atomic E-state index is 0. The highest BCUT2D eigenvalue weighted by molar-refractivity contribution is 5.85. The minimum Gasteiger partial charge on any atom is -0.496 e. The molecule has 0 saturated carbocycles. The third kappa shape index (κ3) is 6.41. The molecule has 154 valence electrons. The quantitative estimate of drug-likeness (QED) is 0.516. The SMILES string of the molecule is COc1ccccc1CNCc1ccc(OCc2ccc(C)cc2)c(OC)c1.Cl. The average molecular weight is 414 g/mol. The zero-order valence-electron chi connectivity index (χ0n) is 17.1. The Hall–Kier alpha value is -2.69. The summed E-state index contributed by atoms with van der Waals surface area (Å²) in [5.41, 5.74) is 4.64. The first kappa shape index (κ1) is 22.6. The van der Waals surface area contributed by atoms with Crippen molar-refractivity contribution in [2.45, 2.75) is 26.6 Å². The average Bonchev–Trinajstić information content (AvgIpc) is 2.74. The minimum atomic E-state index is 0. The number of hydrogen-bond donors (Lipinski definition) is 1. The van der Waals surface area contributed by atoms with Crippen molar-refractivity contribution < 1.29 is 14.2 Å². The van der Waals surface area contributed by atoms with Gasteiger partial charge in [-0.1, -0.05) is 54.1 Å². The van der Waals surface area contributed by atoms with Crippen molar-refractivity contribution >= 4 is 12.4 Å². The van der Waals surface area contributed by atoms with E-state index >= 15 is 0 Å². The van der Waals surface area contributed by atoms with Gasteiger partial charge in [-0.2, -0.15) is 0 Å². The molecule has 0 amide bonds. The number of halogens is 1. The van der Waals surface area contributed by atoms with Gasteiger partial charge < -0.3 is 19.5 Å². The summed E-state index contributed by atoms with van der Waals surface area (Å²) in [6.45, 7) is 4.06. The van der Waals surface area contributed by atoms with Crippen molar-refractivity contribution in [3.8, 4) is 17.2 Å². The second-order valence-electron chi connectivity index (χ2n) is 6.67. The zero-order valence-corrected chi connectivity index (χ0v) is 17.9. The maximum atomic E-state index is 5.95. The molecule has 3 aromatic carbocycles. The van der Waals surface area contributed by atoms with E-state index in [1.165, 1.54) is 5.56 Å². The Labute approximate surface area is 179 Å². The number of para-hydroxylation sites is 1. The Kier molecular flexibility index (Phi) is 8.84. The van der Waals surface area contributed by atoms with Crippen LogP contribution >= 0.6 is 12.4 Å². The van der Waals surface area contributed by atoms with E-state index in [-0.39, 0.29) is 12.4 Å². The monoisotopic (exact) mass is 413 g/mol. The molecular formula is C24H28ClNO3. The molecule has 0 bridgehead atoms. The molecule has 0 unspecified atom stereocenters. The summed E-state index contributed by atoms with van der Waals surface area (Å²) in [6.07, 6.45) is 0. The predicted octanol–water partition coefficient (Wildman–Crippen LogP) is 5.30. The van der Waals surface area contributed by atoms with Gasteiger partial charge in [0.1, 0.15) is 12.4 Å². The van der Waals surface area contributed by atoms with E-state index in [0.29, 0.717) is 6.61 Å². The van der Waals surface area contributed by atoms with Crippen LogP contribution in [0.5, 0.6) is 17.2 Å². The van der Waals surface area contributed by atoms with Crippen molar-refractivity contribution in [3.63, 3.8) is 0 Å². The molecule has 0 saturated heterocycles. The highest BCUT2D eigenvalue weighted by atomic mass is 35.5. The molecule has 0 aliphatic rings. The Morgan fingerprint density at radius 1 is 0.724 bits per heavy atom. The highest BCUT2D eigenvalue weighted by Crippen LogP contribution is 2.29. The van der Waals surface area contributed by atoms with Crippen molar-refractivity contribution in [2.24, 2.45) is 0 Å². The van der Waals surface area contributed by atoms with E-state index in [9.17, 15) is 0 Å². The van der Waals surface area contributed by atoms with E-state index in [1.807, 2.05) is 30.3 Å². The summed E-state index contributed by atoms with van der Waals surface area (Å²) < 4.78 is 16.9. The van der Waals surface area contributed by atoms with Crippen LogP contribution in [0.3, 0.4) is 0 Å². The van der Waals surface area contributed by atoms with Gasteiger partial charge in [0.25, 0.3) is 0 Å². The number of aryl methyl sites for hydroxylation is 1. The summed E-state index contributed by atoms with van der Waals surface area (Å²) in [5.74, 6) is 2.38. The maximum absolute atomic E-state index is 5.95. The van der Waals surface area contributed by atoms with E-state index in [1.54, 1.807) is 14.2 Å². The number of hydrogen-bond acceptors (Lipinski definition) is 4. The molecule has 0 fully saturated rings. The molecule has 0 aromatic heterocycles. The number of ether oxygens (including phenoxy) is 3. The molecule has 5 heteroatoms. The van der Waals surface area contributed by atoms with Crippen LogP contribution in [0.1, 0.15) is 22.3 Å². The van der Waals surface area contributed by atoms with Gasteiger partial charge >= 0.3 is 0 Å². The third-order valence-electron chi connectivity index (χ3n) is 4.58. The zero-order chi connectivity index (χ0) is 19.8. The predicted molar refractivity (Wildman–Crippen MR) is 119 cm³/mol. The molecule has 29 heavy (non-hydrogen) atoms. The Balaban J connectivity index is 0.00000300. The van der Waals surface area contributed by atoms with E-state index in [2.05, 4.69) is 48.6 Å². The first-order valence-electron chi connectivity index (χ1n) is 9.37. The first-order valence-corrected chi connectivity index (χ1v) is 9.37. The molecule has 3 rings (SSSR count). The van der Waals surface area contributed by atoms with Crippen LogP contribution in [-0.4, -0.2) is 14.2 Å². The van der Waals surface area contributed by atoms with E-state index < -0.39 is 0 Å². The van der Waals surface area contributed by atoms with Crippen molar-refractivity contribution in [1.82, 2.24) is 5.32 Å². The van der Waals surface area contributed by atoms with Gasteiger partial charge in [-0.05, 0) is 36.2 Å². The highest BCUT2D eigenvalue weighted by Gasteiger charge is 2.07.